The monoisotopic (exact) mass is 516 g/mol. The van der Waals surface area contributed by atoms with Crippen molar-refractivity contribution in [1.82, 2.24) is 14.9 Å². The molecule has 0 amide bonds. The van der Waals surface area contributed by atoms with Crippen molar-refractivity contribution in [3.63, 3.8) is 0 Å². The molecule has 0 bridgehead atoms. The lowest BCUT2D eigenvalue weighted by Crippen LogP contribution is -2.38. The van der Waals surface area contributed by atoms with Gasteiger partial charge < -0.3 is 10.6 Å². The lowest BCUT2D eigenvalue weighted by Gasteiger charge is -2.16. The molecule has 1 atom stereocenters. The van der Waals surface area contributed by atoms with Crippen LogP contribution in [0.1, 0.15) is 24.0 Å². The van der Waals surface area contributed by atoms with Gasteiger partial charge in [-0.05, 0) is 29.2 Å². The lowest BCUT2D eigenvalue weighted by molar-refractivity contribution is 0.520. The molecule has 2 rings (SSSR count). The zero-order chi connectivity index (χ0) is 19.9. The van der Waals surface area contributed by atoms with E-state index in [4.69, 9.17) is 0 Å². The Kier molecular flexibility index (Phi) is 9.91. The number of nitrogens with one attached hydrogen (secondary N) is 2. The fourth-order valence-electron chi connectivity index (χ4n) is 2.55. The zero-order valence-corrected chi connectivity index (χ0v) is 19.9. The van der Waals surface area contributed by atoms with Gasteiger partial charge in [0, 0.05) is 34.2 Å². The van der Waals surface area contributed by atoms with Crippen LogP contribution in [0.25, 0.3) is 0 Å². The maximum atomic E-state index is 12.1. The van der Waals surface area contributed by atoms with Crippen LogP contribution < -0.4 is 10.6 Å². The number of hydrogen-bond acceptors (Lipinski definition) is 3. The van der Waals surface area contributed by atoms with Crippen LogP contribution in [0.15, 0.2) is 64.5 Å². The summed E-state index contributed by atoms with van der Waals surface area (Å²) in [6.07, 6.45) is 0. The summed E-state index contributed by atoms with van der Waals surface area (Å²) in [6, 6.07) is 17.2. The summed E-state index contributed by atoms with van der Waals surface area (Å²) in [7, 11) is 1.38. The fraction of sp³-hybridized carbons (Fsp3) is 0.350. The Morgan fingerprint density at radius 3 is 2.18 bits per heavy atom. The van der Waals surface area contributed by atoms with Crippen molar-refractivity contribution in [1.29, 1.82) is 0 Å². The second-order valence-electron chi connectivity index (χ2n) is 6.55. The van der Waals surface area contributed by atoms with Gasteiger partial charge in [-0.2, -0.15) is 0 Å². The fourth-order valence-corrected chi connectivity index (χ4v) is 3.45. The third-order valence-electron chi connectivity index (χ3n) is 4.33. The van der Waals surface area contributed by atoms with Crippen molar-refractivity contribution in [2.24, 2.45) is 4.99 Å². The van der Waals surface area contributed by atoms with E-state index in [2.05, 4.69) is 34.7 Å². The first-order chi connectivity index (χ1) is 12.8. The maximum Gasteiger partial charge on any atom is 0.242 e. The Labute approximate surface area is 185 Å². The molecule has 0 heterocycles. The molecule has 8 heteroatoms. The number of aliphatic imine (C=N–C) groups is 1. The van der Waals surface area contributed by atoms with E-state index in [0.717, 1.165) is 12.1 Å². The average Bonchev–Trinajstić information content (AvgIpc) is 2.68. The van der Waals surface area contributed by atoms with Gasteiger partial charge in [0.05, 0.1) is 4.90 Å². The van der Waals surface area contributed by atoms with Crippen LogP contribution in [0.2, 0.25) is 0 Å². The van der Waals surface area contributed by atoms with Crippen LogP contribution in [-0.2, 0) is 16.6 Å². The van der Waals surface area contributed by atoms with E-state index < -0.39 is 10.0 Å². The number of rotatable bonds is 7. The molecule has 2 aromatic rings. The van der Waals surface area contributed by atoms with Crippen molar-refractivity contribution >= 4 is 40.0 Å². The van der Waals surface area contributed by atoms with E-state index in [1.54, 1.807) is 19.2 Å². The molecule has 6 nitrogen and oxygen atoms in total. The molecule has 0 aliphatic heterocycles. The Balaban J connectivity index is 0.00000392. The Bertz CT molecular complexity index is 854. The van der Waals surface area contributed by atoms with Gasteiger partial charge in [0.2, 0.25) is 10.0 Å². The summed E-state index contributed by atoms with van der Waals surface area (Å²) in [5.41, 5.74) is 2.25. The first-order valence-corrected chi connectivity index (χ1v) is 10.3. The number of sulfonamides is 1. The number of guanidine groups is 1. The molecule has 0 saturated carbocycles. The molecule has 154 valence electrons. The highest BCUT2D eigenvalue weighted by Gasteiger charge is 2.16. The number of benzene rings is 2. The molecule has 0 aliphatic carbocycles. The summed E-state index contributed by atoms with van der Waals surface area (Å²) >= 11 is 0. The van der Waals surface area contributed by atoms with Crippen LogP contribution in [0.5, 0.6) is 0 Å². The Hall–Kier alpha value is -1.65. The van der Waals surface area contributed by atoms with E-state index in [-0.39, 0.29) is 28.9 Å². The van der Waals surface area contributed by atoms with Crippen molar-refractivity contribution in [3.05, 3.63) is 65.7 Å². The van der Waals surface area contributed by atoms with Gasteiger partial charge in [0.15, 0.2) is 5.96 Å². The zero-order valence-electron chi connectivity index (χ0n) is 16.7. The lowest BCUT2D eigenvalue weighted by atomic mass is 10.0. The highest BCUT2D eigenvalue weighted by Crippen LogP contribution is 2.14. The standard InChI is InChI=1S/C20H28N4O2S.HI/c1-16(18-8-6-5-7-9-18)14-22-20(21-2)23-15-17-10-12-19(13-11-17)27(25,26)24(3)4;/h5-13,16H,14-15H2,1-4H3,(H2,21,22,23);1H. The van der Waals surface area contributed by atoms with E-state index in [1.807, 2.05) is 30.3 Å². The number of hydrogen-bond donors (Lipinski definition) is 2. The molecule has 0 fully saturated rings. The maximum absolute atomic E-state index is 12.1. The minimum Gasteiger partial charge on any atom is -0.356 e. The van der Waals surface area contributed by atoms with E-state index >= 15 is 0 Å². The van der Waals surface area contributed by atoms with E-state index in [0.29, 0.717) is 18.4 Å². The summed E-state index contributed by atoms with van der Waals surface area (Å²) < 4.78 is 25.4. The largest absolute Gasteiger partial charge is 0.356 e. The molecule has 1 unspecified atom stereocenters. The third kappa shape index (κ3) is 6.75. The van der Waals surface area contributed by atoms with Gasteiger partial charge in [-0.1, -0.05) is 49.4 Å². The van der Waals surface area contributed by atoms with Gasteiger partial charge in [-0.3, -0.25) is 4.99 Å². The normalized spacial score (nSPS) is 13.0. The predicted octanol–water partition coefficient (Wildman–Crippen LogP) is 3.02. The first-order valence-electron chi connectivity index (χ1n) is 8.85. The quantitative estimate of drug-likeness (QED) is 0.337. The summed E-state index contributed by atoms with van der Waals surface area (Å²) in [5.74, 6) is 1.07. The molecule has 2 N–H and O–H groups in total. The number of halogens is 1. The van der Waals surface area contributed by atoms with Crippen LogP contribution in [0, 0.1) is 0 Å². The SMILES string of the molecule is CN=C(NCc1ccc(S(=O)(=O)N(C)C)cc1)NCC(C)c1ccccc1.I. The third-order valence-corrected chi connectivity index (χ3v) is 6.16. The molecule has 0 radical (unpaired) electrons. The molecule has 2 aromatic carbocycles. The highest BCUT2D eigenvalue weighted by atomic mass is 127. The van der Waals surface area contributed by atoms with Crippen LogP contribution in [-0.4, -0.2) is 46.4 Å². The van der Waals surface area contributed by atoms with Crippen molar-refractivity contribution in [2.45, 2.75) is 24.3 Å². The topological polar surface area (TPSA) is 73.8 Å². The Morgan fingerprint density at radius 2 is 1.64 bits per heavy atom. The Morgan fingerprint density at radius 1 is 1.04 bits per heavy atom. The van der Waals surface area contributed by atoms with Crippen molar-refractivity contribution in [2.75, 3.05) is 27.7 Å². The minimum atomic E-state index is -3.40. The molecular formula is C20H29IN4O2S. The van der Waals surface area contributed by atoms with Gasteiger partial charge >= 0.3 is 0 Å². The number of nitrogens with zero attached hydrogens (tertiary/aromatic N) is 2. The van der Waals surface area contributed by atoms with Gasteiger partial charge in [0.1, 0.15) is 0 Å². The molecule has 28 heavy (non-hydrogen) atoms. The highest BCUT2D eigenvalue weighted by molar-refractivity contribution is 14.0. The molecule has 0 aliphatic rings. The van der Waals surface area contributed by atoms with E-state index in [9.17, 15) is 8.42 Å². The molecule has 0 spiro atoms. The smallest absolute Gasteiger partial charge is 0.242 e. The summed E-state index contributed by atoms with van der Waals surface area (Å²) in [6.45, 7) is 3.49. The minimum absolute atomic E-state index is 0. The van der Waals surface area contributed by atoms with Crippen molar-refractivity contribution in [3.8, 4) is 0 Å². The van der Waals surface area contributed by atoms with Gasteiger partial charge in [-0.25, -0.2) is 12.7 Å². The predicted molar refractivity (Wildman–Crippen MR) is 126 cm³/mol. The first kappa shape index (κ1) is 24.4. The van der Waals surface area contributed by atoms with Crippen LogP contribution in [0.3, 0.4) is 0 Å². The summed E-state index contributed by atoms with van der Waals surface area (Å²) in [5, 5.41) is 6.58. The summed E-state index contributed by atoms with van der Waals surface area (Å²) in [4.78, 5) is 4.53. The van der Waals surface area contributed by atoms with Crippen LogP contribution >= 0.6 is 24.0 Å². The molecule has 0 saturated heterocycles. The second kappa shape index (κ2) is 11.4. The molecule has 0 aromatic heterocycles. The van der Waals surface area contributed by atoms with Gasteiger partial charge in [-0.15, -0.1) is 24.0 Å². The molecular weight excluding hydrogens is 487 g/mol. The van der Waals surface area contributed by atoms with Crippen molar-refractivity contribution < 1.29 is 8.42 Å². The average molecular weight is 516 g/mol. The second-order valence-corrected chi connectivity index (χ2v) is 8.70. The van der Waals surface area contributed by atoms with Crippen LogP contribution in [0.4, 0.5) is 0 Å². The van der Waals surface area contributed by atoms with E-state index in [1.165, 1.54) is 24.0 Å². The van der Waals surface area contributed by atoms with Gasteiger partial charge in [0.25, 0.3) is 0 Å².